The molecule has 0 radical (unpaired) electrons. The van der Waals surface area contributed by atoms with Gasteiger partial charge in [-0.05, 0) is 17.7 Å². The van der Waals surface area contributed by atoms with Gasteiger partial charge in [0.1, 0.15) is 0 Å². The molecule has 13 heavy (non-hydrogen) atoms. The van der Waals surface area contributed by atoms with Crippen LogP contribution in [0.1, 0.15) is 0 Å². The van der Waals surface area contributed by atoms with E-state index in [-0.39, 0.29) is 16.8 Å². The lowest BCUT2D eigenvalue weighted by Gasteiger charge is -1.93. The largest absolute Gasteiger partial charge is 0.407 e. The van der Waals surface area contributed by atoms with Gasteiger partial charge in [0.2, 0.25) is 0 Å². The molecule has 0 spiro atoms. The van der Waals surface area contributed by atoms with E-state index in [1.165, 1.54) is 12.3 Å². The molecule has 4 nitrogen and oxygen atoms in total. The lowest BCUT2D eigenvalue weighted by Crippen LogP contribution is -1.85. The van der Waals surface area contributed by atoms with Crippen molar-refractivity contribution in [2.45, 2.75) is 0 Å². The van der Waals surface area contributed by atoms with Crippen LogP contribution < -0.4 is 0 Å². The Labute approximate surface area is 77.4 Å². The first-order valence-corrected chi connectivity index (χ1v) is 3.74. The fourth-order valence-corrected chi connectivity index (χ4v) is 0.974. The molecule has 0 atom stereocenters. The molecule has 2 aromatic rings. The van der Waals surface area contributed by atoms with E-state index < -0.39 is 5.82 Å². The Morgan fingerprint density at radius 1 is 1.38 bits per heavy atom. The van der Waals surface area contributed by atoms with Crippen LogP contribution in [0.5, 0.6) is 0 Å². The highest BCUT2D eigenvalue weighted by Gasteiger charge is 2.11. The van der Waals surface area contributed by atoms with E-state index in [9.17, 15) is 4.39 Å². The molecule has 0 aliphatic carbocycles. The van der Waals surface area contributed by atoms with E-state index in [0.29, 0.717) is 0 Å². The summed E-state index contributed by atoms with van der Waals surface area (Å²) in [5.41, 5.74) is 0.189. The molecule has 2 aromatic heterocycles. The van der Waals surface area contributed by atoms with Crippen molar-refractivity contribution in [3.8, 4) is 11.5 Å². The molecule has 0 amide bonds. The third-order valence-electron chi connectivity index (χ3n) is 1.40. The Morgan fingerprint density at radius 3 is 2.85 bits per heavy atom. The molecule has 0 bridgehead atoms. The maximum atomic E-state index is 13.1. The Morgan fingerprint density at radius 2 is 2.23 bits per heavy atom. The minimum Gasteiger partial charge on any atom is -0.407 e. The van der Waals surface area contributed by atoms with Crippen molar-refractivity contribution < 1.29 is 8.81 Å². The van der Waals surface area contributed by atoms with Crippen molar-refractivity contribution in [3.05, 3.63) is 29.6 Å². The van der Waals surface area contributed by atoms with E-state index >= 15 is 0 Å². The van der Waals surface area contributed by atoms with E-state index in [1.54, 1.807) is 0 Å². The van der Waals surface area contributed by atoms with Crippen LogP contribution in [0.2, 0.25) is 5.35 Å². The van der Waals surface area contributed by atoms with Crippen molar-refractivity contribution in [2.75, 3.05) is 0 Å². The van der Waals surface area contributed by atoms with Crippen molar-refractivity contribution in [1.29, 1.82) is 0 Å². The number of halogens is 2. The molecule has 0 unspecified atom stereocenters. The summed E-state index contributed by atoms with van der Waals surface area (Å²) in [5, 5.41) is 6.81. The highest BCUT2D eigenvalue weighted by Crippen LogP contribution is 2.21. The number of aromatic nitrogens is 3. The SMILES string of the molecule is Fc1cnccc1-c1nnc(Cl)o1. The first-order chi connectivity index (χ1) is 6.27. The summed E-state index contributed by atoms with van der Waals surface area (Å²) in [4.78, 5) is 3.58. The van der Waals surface area contributed by atoms with E-state index in [2.05, 4.69) is 15.2 Å². The zero-order chi connectivity index (χ0) is 9.26. The van der Waals surface area contributed by atoms with Gasteiger partial charge in [-0.2, -0.15) is 0 Å². The summed E-state index contributed by atoms with van der Waals surface area (Å²) < 4.78 is 17.9. The number of hydrogen-bond acceptors (Lipinski definition) is 4. The second kappa shape index (κ2) is 3.10. The van der Waals surface area contributed by atoms with Crippen LogP contribution in [0.4, 0.5) is 4.39 Å². The van der Waals surface area contributed by atoms with Crippen LogP contribution in [0.25, 0.3) is 11.5 Å². The summed E-state index contributed by atoms with van der Waals surface area (Å²) >= 11 is 5.38. The van der Waals surface area contributed by atoms with Gasteiger partial charge in [-0.3, -0.25) is 4.98 Å². The molecule has 0 saturated heterocycles. The minimum atomic E-state index is -0.525. The predicted octanol–water partition coefficient (Wildman–Crippen LogP) is 1.92. The second-order valence-electron chi connectivity index (χ2n) is 2.22. The van der Waals surface area contributed by atoms with Crippen molar-refractivity contribution >= 4 is 11.6 Å². The normalized spacial score (nSPS) is 10.3. The van der Waals surface area contributed by atoms with Gasteiger partial charge in [-0.1, -0.05) is 5.10 Å². The van der Waals surface area contributed by atoms with E-state index in [1.807, 2.05) is 0 Å². The van der Waals surface area contributed by atoms with Gasteiger partial charge in [0.05, 0.1) is 11.8 Å². The van der Waals surface area contributed by atoms with Crippen LogP contribution in [0, 0.1) is 5.82 Å². The zero-order valence-electron chi connectivity index (χ0n) is 6.24. The average Bonchev–Trinajstić information content (AvgIpc) is 2.53. The van der Waals surface area contributed by atoms with E-state index in [4.69, 9.17) is 16.0 Å². The maximum Gasteiger partial charge on any atom is 0.313 e. The predicted molar refractivity (Wildman–Crippen MR) is 42.5 cm³/mol. The molecule has 0 aliphatic heterocycles. The molecule has 2 rings (SSSR count). The molecule has 2 heterocycles. The van der Waals surface area contributed by atoms with E-state index in [0.717, 1.165) is 6.20 Å². The third-order valence-corrected chi connectivity index (χ3v) is 1.56. The van der Waals surface area contributed by atoms with Gasteiger partial charge in [0, 0.05) is 6.20 Å². The van der Waals surface area contributed by atoms with Gasteiger partial charge in [-0.15, -0.1) is 5.10 Å². The lowest BCUT2D eigenvalue weighted by atomic mass is 10.2. The molecular formula is C7H3ClFN3O. The maximum absolute atomic E-state index is 13.1. The smallest absolute Gasteiger partial charge is 0.313 e. The summed E-state index contributed by atoms with van der Waals surface area (Å²) in [5.74, 6) is -0.479. The second-order valence-corrected chi connectivity index (χ2v) is 2.54. The fourth-order valence-electron chi connectivity index (χ4n) is 0.863. The Kier molecular flexibility index (Phi) is 1.94. The van der Waals surface area contributed by atoms with Crippen LogP contribution in [0.3, 0.4) is 0 Å². The van der Waals surface area contributed by atoms with Crippen LogP contribution in [-0.4, -0.2) is 15.2 Å². The van der Waals surface area contributed by atoms with Crippen molar-refractivity contribution in [2.24, 2.45) is 0 Å². The molecule has 66 valence electrons. The third kappa shape index (κ3) is 1.50. The lowest BCUT2D eigenvalue weighted by molar-refractivity contribution is 0.558. The first-order valence-electron chi connectivity index (χ1n) is 3.36. The first kappa shape index (κ1) is 8.12. The summed E-state index contributed by atoms with van der Waals surface area (Å²) in [7, 11) is 0. The Bertz CT molecular complexity index is 431. The van der Waals surface area contributed by atoms with Gasteiger partial charge >= 0.3 is 5.35 Å². The molecular weight excluding hydrogens is 197 g/mol. The quantitative estimate of drug-likeness (QED) is 0.704. The summed E-state index contributed by atoms with van der Waals surface area (Å²) in [6.45, 7) is 0. The van der Waals surface area contributed by atoms with Crippen LogP contribution in [0.15, 0.2) is 22.9 Å². The molecule has 6 heteroatoms. The molecule has 0 aromatic carbocycles. The topological polar surface area (TPSA) is 51.8 Å². The monoisotopic (exact) mass is 199 g/mol. The molecule has 0 N–H and O–H groups in total. The fraction of sp³-hybridized carbons (Fsp3) is 0. The van der Waals surface area contributed by atoms with Gasteiger partial charge in [0.15, 0.2) is 5.82 Å². The molecule has 0 saturated carbocycles. The van der Waals surface area contributed by atoms with Gasteiger partial charge in [0.25, 0.3) is 5.89 Å². The van der Waals surface area contributed by atoms with Crippen molar-refractivity contribution in [3.63, 3.8) is 0 Å². The number of rotatable bonds is 1. The number of pyridine rings is 1. The number of nitrogens with zero attached hydrogens (tertiary/aromatic N) is 3. The molecule has 0 fully saturated rings. The molecule has 0 aliphatic rings. The van der Waals surface area contributed by atoms with Crippen LogP contribution in [-0.2, 0) is 0 Å². The van der Waals surface area contributed by atoms with Gasteiger partial charge in [-0.25, -0.2) is 4.39 Å². The summed E-state index contributed by atoms with van der Waals surface area (Å²) in [6, 6.07) is 1.43. The van der Waals surface area contributed by atoms with Crippen molar-refractivity contribution in [1.82, 2.24) is 15.2 Å². The minimum absolute atomic E-state index is 0.0462. The highest BCUT2D eigenvalue weighted by atomic mass is 35.5. The number of hydrogen-bond donors (Lipinski definition) is 0. The Balaban J connectivity index is 2.52. The van der Waals surface area contributed by atoms with Crippen LogP contribution >= 0.6 is 11.6 Å². The average molecular weight is 200 g/mol. The Hall–Kier alpha value is -1.49. The highest BCUT2D eigenvalue weighted by molar-refractivity contribution is 6.27. The summed E-state index contributed by atoms with van der Waals surface area (Å²) in [6.07, 6.45) is 2.49. The van der Waals surface area contributed by atoms with Gasteiger partial charge < -0.3 is 4.42 Å². The zero-order valence-corrected chi connectivity index (χ0v) is 6.99. The standard InChI is InChI=1S/C7H3ClFN3O/c8-7-12-11-6(13-7)4-1-2-10-3-5(4)9/h1-3H.